The monoisotopic (exact) mass is 298 g/mol. The van der Waals surface area contributed by atoms with Crippen molar-refractivity contribution >= 4 is 22.6 Å². The van der Waals surface area contributed by atoms with Gasteiger partial charge in [0.25, 0.3) is 0 Å². The smallest absolute Gasteiger partial charge is 0.242 e. The number of amides is 2. The van der Waals surface area contributed by atoms with E-state index in [9.17, 15) is 9.59 Å². The van der Waals surface area contributed by atoms with Crippen LogP contribution in [0, 0.1) is 0 Å². The number of nitrogens with one attached hydrogen (secondary N) is 2. The summed E-state index contributed by atoms with van der Waals surface area (Å²) in [6.07, 6.45) is 3.64. The Bertz CT molecular complexity index is 647. The van der Waals surface area contributed by atoms with Crippen LogP contribution in [0.3, 0.4) is 0 Å². The number of rotatable bonds is 6. The fourth-order valence-electron chi connectivity index (χ4n) is 2.40. The summed E-state index contributed by atoms with van der Waals surface area (Å²) in [7, 11) is 0. The van der Waals surface area contributed by atoms with Crippen LogP contribution in [0.1, 0.15) is 38.2 Å². The molecule has 0 atom stereocenters. The number of carbonyl (C=O) groups excluding carboxylic acids is 2. The maximum absolute atomic E-state index is 12.0. The summed E-state index contributed by atoms with van der Waals surface area (Å²) < 4.78 is 0. The minimum absolute atomic E-state index is 0.139. The second kappa shape index (κ2) is 8.17. The molecular formula is C18H22N2O2. The van der Waals surface area contributed by atoms with Crippen LogP contribution in [0.5, 0.6) is 0 Å². The molecule has 2 aromatic carbocycles. The molecular weight excluding hydrogens is 276 g/mol. The summed E-state index contributed by atoms with van der Waals surface area (Å²) in [5.74, 6) is -0.347. The molecule has 0 heterocycles. The van der Waals surface area contributed by atoms with Gasteiger partial charge >= 0.3 is 0 Å². The molecule has 0 aliphatic rings. The van der Waals surface area contributed by atoms with E-state index in [0.29, 0.717) is 6.42 Å². The van der Waals surface area contributed by atoms with Crippen molar-refractivity contribution in [2.45, 2.75) is 39.0 Å². The zero-order chi connectivity index (χ0) is 15.8. The van der Waals surface area contributed by atoms with E-state index < -0.39 is 0 Å². The van der Waals surface area contributed by atoms with E-state index >= 15 is 0 Å². The predicted molar refractivity (Wildman–Crippen MR) is 88.1 cm³/mol. The molecule has 0 aromatic heterocycles. The molecule has 2 aromatic rings. The molecule has 116 valence electrons. The Balaban J connectivity index is 1.87. The van der Waals surface area contributed by atoms with Crippen LogP contribution < -0.4 is 10.9 Å². The van der Waals surface area contributed by atoms with Gasteiger partial charge in [-0.25, -0.2) is 0 Å². The maximum atomic E-state index is 12.0. The molecule has 4 heteroatoms. The van der Waals surface area contributed by atoms with Gasteiger partial charge < -0.3 is 0 Å². The zero-order valence-corrected chi connectivity index (χ0v) is 12.9. The summed E-state index contributed by atoms with van der Waals surface area (Å²) in [5.41, 5.74) is 5.91. The highest BCUT2D eigenvalue weighted by molar-refractivity contribution is 5.90. The van der Waals surface area contributed by atoms with Gasteiger partial charge in [0.1, 0.15) is 0 Å². The Hall–Kier alpha value is -2.36. The molecule has 0 saturated carbocycles. The first-order valence-electron chi connectivity index (χ1n) is 7.75. The van der Waals surface area contributed by atoms with Crippen molar-refractivity contribution in [2.24, 2.45) is 0 Å². The quantitative estimate of drug-likeness (QED) is 0.636. The Morgan fingerprint density at radius 1 is 0.909 bits per heavy atom. The van der Waals surface area contributed by atoms with E-state index in [1.165, 1.54) is 0 Å². The Morgan fingerprint density at radius 3 is 2.45 bits per heavy atom. The average Bonchev–Trinajstić information content (AvgIpc) is 2.54. The van der Waals surface area contributed by atoms with Gasteiger partial charge in [-0.2, -0.15) is 0 Å². The third-order valence-corrected chi connectivity index (χ3v) is 3.58. The number of hydrogen-bond donors (Lipinski definition) is 2. The number of carbonyl (C=O) groups is 2. The van der Waals surface area contributed by atoms with Gasteiger partial charge in [-0.3, -0.25) is 20.4 Å². The summed E-state index contributed by atoms with van der Waals surface area (Å²) in [6, 6.07) is 13.8. The summed E-state index contributed by atoms with van der Waals surface area (Å²) in [4.78, 5) is 23.5. The lowest BCUT2D eigenvalue weighted by Gasteiger charge is -2.09. The molecule has 0 bridgehead atoms. The Labute approximate surface area is 130 Å². The van der Waals surface area contributed by atoms with Crippen molar-refractivity contribution in [3.05, 3.63) is 48.0 Å². The highest BCUT2D eigenvalue weighted by atomic mass is 16.2. The van der Waals surface area contributed by atoms with Gasteiger partial charge in [-0.15, -0.1) is 0 Å². The number of hydrazine groups is 1. The van der Waals surface area contributed by atoms with Crippen LogP contribution in [-0.4, -0.2) is 11.8 Å². The van der Waals surface area contributed by atoms with Crippen molar-refractivity contribution in [1.29, 1.82) is 0 Å². The van der Waals surface area contributed by atoms with E-state index in [1.807, 2.05) is 42.5 Å². The third kappa shape index (κ3) is 4.58. The first-order valence-corrected chi connectivity index (χ1v) is 7.75. The maximum Gasteiger partial charge on any atom is 0.242 e. The van der Waals surface area contributed by atoms with Crippen molar-refractivity contribution in [3.63, 3.8) is 0 Å². The molecule has 0 spiro atoms. The van der Waals surface area contributed by atoms with Gasteiger partial charge in [0.2, 0.25) is 11.8 Å². The molecule has 0 aliphatic carbocycles. The van der Waals surface area contributed by atoms with Crippen LogP contribution in [0.4, 0.5) is 0 Å². The van der Waals surface area contributed by atoms with Gasteiger partial charge in [0.05, 0.1) is 6.42 Å². The molecule has 2 N–H and O–H groups in total. The second-order valence-electron chi connectivity index (χ2n) is 5.37. The van der Waals surface area contributed by atoms with Crippen molar-refractivity contribution < 1.29 is 9.59 Å². The first-order chi connectivity index (χ1) is 10.7. The molecule has 0 radical (unpaired) electrons. The lowest BCUT2D eigenvalue weighted by Crippen LogP contribution is -2.42. The fourth-order valence-corrected chi connectivity index (χ4v) is 2.40. The fraction of sp³-hybridized carbons (Fsp3) is 0.333. The van der Waals surface area contributed by atoms with Gasteiger partial charge in [0.15, 0.2) is 0 Å². The number of fused-ring (bicyclic) bond motifs is 1. The van der Waals surface area contributed by atoms with Crippen LogP contribution in [0.25, 0.3) is 10.8 Å². The van der Waals surface area contributed by atoms with Gasteiger partial charge in [0, 0.05) is 6.42 Å². The summed E-state index contributed by atoms with van der Waals surface area (Å²) in [5, 5.41) is 2.17. The third-order valence-electron chi connectivity index (χ3n) is 3.58. The largest absolute Gasteiger partial charge is 0.273 e. The lowest BCUT2D eigenvalue weighted by atomic mass is 10.0. The van der Waals surface area contributed by atoms with Crippen LogP contribution in [0.2, 0.25) is 0 Å². The molecule has 0 saturated heterocycles. The zero-order valence-electron chi connectivity index (χ0n) is 12.9. The average molecular weight is 298 g/mol. The normalized spacial score (nSPS) is 10.4. The van der Waals surface area contributed by atoms with Crippen LogP contribution in [-0.2, 0) is 16.0 Å². The van der Waals surface area contributed by atoms with Crippen molar-refractivity contribution in [3.8, 4) is 0 Å². The van der Waals surface area contributed by atoms with E-state index in [-0.39, 0.29) is 18.2 Å². The van der Waals surface area contributed by atoms with E-state index in [0.717, 1.165) is 35.6 Å². The molecule has 0 fully saturated rings. The molecule has 0 aliphatic heterocycles. The molecule has 4 nitrogen and oxygen atoms in total. The summed E-state index contributed by atoms with van der Waals surface area (Å²) >= 11 is 0. The minimum atomic E-state index is -0.208. The molecule has 22 heavy (non-hydrogen) atoms. The van der Waals surface area contributed by atoms with E-state index in [2.05, 4.69) is 17.8 Å². The molecule has 2 rings (SSSR count). The number of hydrogen-bond acceptors (Lipinski definition) is 2. The number of benzene rings is 2. The van der Waals surface area contributed by atoms with Crippen molar-refractivity contribution in [1.82, 2.24) is 10.9 Å². The highest BCUT2D eigenvalue weighted by Gasteiger charge is 2.08. The van der Waals surface area contributed by atoms with Gasteiger partial charge in [-0.05, 0) is 22.8 Å². The minimum Gasteiger partial charge on any atom is -0.273 e. The Kier molecular flexibility index (Phi) is 5.95. The van der Waals surface area contributed by atoms with Crippen LogP contribution >= 0.6 is 0 Å². The number of unbranched alkanes of at least 4 members (excludes halogenated alkanes) is 2. The molecule has 2 amide bonds. The van der Waals surface area contributed by atoms with Gasteiger partial charge in [-0.1, -0.05) is 62.2 Å². The Morgan fingerprint density at radius 2 is 1.64 bits per heavy atom. The van der Waals surface area contributed by atoms with Crippen LogP contribution in [0.15, 0.2) is 42.5 Å². The van der Waals surface area contributed by atoms with Crippen molar-refractivity contribution in [2.75, 3.05) is 0 Å². The predicted octanol–water partition coefficient (Wildman–Crippen LogP) is 3.11. The SMILES string of the molecule is CCCCCC(=O)NNC(=O)Cc1cccc2ccccc12. The standard InChI is InChI=1S/C18H22N2O2/c1-2-3-4-12-17(21)19-20-18(22)13-15-10-7-9-14-8-5-6-11-16(14)15/h5-11H,2-4,12-13H2,1H3,(H,19,21)(H,20,22). The first kappa shape index (κ1) is 16.0. The lowest BCUT2D eigenvalue weighted by molar-refractivity contribution is -0.128. The van der Waals surface area contributed by atoms with E-state index in [1.54, 1.807) is 0 Å². The highest BCUT2D eigenvalue weighted by Crippen LogP contribution is 2.18. The summed E-state index contributed by atoms with van der Waals surface area (Å²) in [6.45, 7) is 2.09. The van der Waals surface area contributed by atoms with E-state index in [4.69, 9.17) is 0 Å². The topological polar surface area (TPSA) is 58.2 Å². The second-order valence-corrected chi connectivity index (χ2v) is 5.37. The molecule has 0 unspecified atom stereocenters.